The third-order valence-electron chi connectivity index (χ3n) is 3.26. The van der Waals surface area contributed by atoms with Gasteiger partial charge >= 0.3 is 5.97 Å². The van der Waals surface area contributed by atoms with Gasteiger partial charge in [-0.15, -0.1) is 0 Å². The van der Waals surface area contributed by atoms with E-state index in [1.165, 1.54) is 0 Å². The molecule has 0 aliphatic carbocycles. The molecule has 3 rings (SSSR count). The Balaban J connectivity index is 1.81. The van der Waals surface area contributed by atoms with Crippen molar-refractivity contribution >= 4 is 32.7 Å². The summed E-state index contributed by atoms with van der Waals surface area (Å²) in [6, 6.07) is 11.7. The fourth-order valence-corrected chi connectivity index (χ4v) is 2.56. The molecule has 2 aromatic carbocycles. The average Bonchev–Trinajstić information content (AvgIpc) is 2.93. The van der Waals surface area contributed by atoms with Crippen LogP contribution in [0.25, 0.3) is 10.8 Å². The van der Waals surface area contributed by atoms with Gasteiger partial charge in [-0.25, -0.2) is 0 Å². The fourth-order valence-electron chi connectivity index (χ4n) is 2.18. The number of carbonyl (C=O) groups excluding carboxylic acids is 1. The number of hydrogen-bond donors (Lipinski definition) is 0. The highest BCUT2D eigenvalue weighted by molar-refractivity contribution is 9.10. The van der Waals surface area contributed by atoms with Gasteiger partial charge in [-0.1, -0.05) is 28.1 Å². The number of esters is 1. The molecule has 1 heterocycles. The molecule has 1 atom stereocenters. The van der Waals surface area contributed by atoms with Gasteiger partial charge in [0.15, 0.2) is 0 Å². The van der Waals surface area contributed by atoms with Crippen LogP contribution in [-0.4, -0.2) is 19.2 Å². The van der Waals surface area contributed by atoms with Crippen molar-refractivity contribution in [3.63, 3.8) is 0 Å². The van der Waals surface area contributed by atoms with Crippen LogP contribution in [0.3, 0.4) is 0 Å². The van der Waals surface area contributed by atoms with Crippen LogP contribution in [0.4, 0.5) is 0 Å². The molecule has 4 heteroatoms. The molecule has 19 heavy (non-hydrogen) atoms. The Hall–Kier alpha value is -1.39. The summed E-state index contributed by atoms with van der Waals surface area (Å²) in [4.78, 5) is 11.9. The monoisotopic (exact) mass is 320 g/mol. The van der Waals surface area contributed by atoms with Gasteiger partial charge in [0.05, 0.1) is 12.5 Å². The lowest BCUT2D eigenvalue weighted by atomic mass is 10.1. The van der Waals surface area contributed by atoms with Crippen LogP contribution in [-0.2, 0) is 9.53 Å². The maximum atomic E-state index is 11.9. The third-order valence-corrected chi connectivity index (χ3v) is 3.75. The van der Waals surface area contributed by atoms with Gasteiger partial charge in [0.25, 0.3) is 0 Å². The van der Waals surface area contributed by atoms with Crippen LogP contribution in [0.2, 0.25) is 0 Å². The second-order valence-corrected chi connectivity index (χ2v) is 5.55. The number of benzene rings is 2. The van der Waals surface area contributed by atoms with E-state index in [-0.39, 0.29) is 11.9 Å². The zero-order valence-corrected chi connectivity index (χ0v) is 11.9. The molecule has 3 nitrogen and oxygen atoms in total. The molecule has 0 saturated carbocycles. The van der Waals surface area contributed by atoms with Crippen LogP contribution in [0.5, 0.6) is 5.75 Å². The molecule has 0 radical (unpaired) electrons. The van der Waals surface area contributed by atoms with Gasteiger partial charge in [0, 0.05) is 11.1 Å². The minimum atomic E-state index is -0.200. The van der Waals surface area contributed by atoms with Gasteiger partial charge in [-0.3, -0.25) is 4.79 Å². The molecule has 0 N–H and O–H groups in total. The summed E-state index contributed by atoms with van der Waals surface area (Å²) in [5.41, 5.74) is 0. The number of fused-ring (bicyclic) bond motifs is 1. The smallest absolute Gasteiger partial charge is 0.316 e. The molecule has 1 aliphatic heterocycles. The van der Waals surface area contributed by atoms with Crippen LogP contribution < -0.4 is 4.74 Å². The van der Waals surface area contributed by atoms with Crippen molar-refractivity contribution in [2.75, 3.05) is 13.2 Å². The standard InChI is InChI=1S/C15H13BrO3/c16-13-3-1-11-8-14(4-2-10(11)7-13)19-15(17)12-5-6-18-9-12/h1-4,7-8,12H,5-6,9H2. The molecule has 1 aliphatic rings. The van der Waals surface area contributed by atoms with Crippen molar-refractivity contribution in [2.45, 2.75) is 6.42 Å². The Morgan fingerprint density at radius 2 is 2.00 bits per heavy atom. The Morgan fingerprint density at radius 3 is 2.79 bits per heavy atom. The summed E-state index contributed by atoms with van der Waals surface area (Å²) >= 11 is 3.44. The summed E-state index contributed by atoms with van der Waals surface area (Å²) in [6.45, 7) is 1.12. The lowest BCUT2D eigenvalue weighted by Gasteiger charge is -2.09. The van der Waals surface area contributed by atoms with Gasteiger partial charge in [0.2, 0.25) is 0 Å². The predicted molar refractivity (Wildman–Crippen MR) is 76.2 cm³/mol. The van der Waals surface area contributed by atoms with Gasteiger partial charge in [-0.2, -0.15) is 0 Å². The lowest BCUT2D eigenvalue weighted by Crippen LogP contribution is -2.20. The van der Waals surface area contributed by atoms with Crippen LogP contribution >= 0.6 is 15.9 Å². The Kier molecular flexibility index (Phi) is 3.53. The number of halogens is 1. The highest BCUT2D eigenvalue weighted by atomic mass is 79.9. The highest BCUT2D eigenvalue weighted by Crippen LogP contribution is 2.25. The number of hydrogen-bond acceptors (Lipinski definition) is 3. The molecule has 0 spiro atoms. The van der Waals surface area contributed by atoms with Crippen molar-refractivity contribution in [3.8, 4) is 5.75 Å². The molecule has 1 unspecified atom stereocenters. The highest BCUT2D eigenvalue weighted by Gasteiger charge is 2.25. The zero-order chi connectivity index (χ0) is 13.2. The van der Waals surface area contributed by atoms with E-state index in [9.17, 15) is 4.79 Å². The first kappa shape index (κ1) is 12.6. The van der Waals surface area contributed by atoms with Crippen molar-refractivity contribution in [3.05, 3.63) is 40.9 Å². The van der Waals surface area contributed by atoms with Gasteiger partial charge in [-0.05, 0) is 41.5 Å². The molecule has 1 saturated heterocycles. The molecule has 0 aromatic heterocycles. The quantitative estimate of drug-likeness (QED) is 0.627. The summed E-state index contributed by atoms with van der Waals surface area (Å²) < 4.78 is 11.6. The van der Waals surface area contributed by atoms with Crippen LogP contribution in [0, 0.1) is 5.92 Å². The largest absolute Gasteiger partial charge is 0.426 e. The Morgan fingerprint density at radius 1 is 1.21 bits per heavy atom. The first-order valence-corrected chi connectivity index (χ1v) is 7.00. The van der Waals surface area contributed by atoms with Crippen molar-refractivity contribution in [1.82, 2.24) is 0 Å². The second kappa shape index (κ2) is 5.31. The molecular formula is C15H13BrO3. The molecule has 2 aromatic rings. The Labute approximate surface area is 119 Å². The normalized spacial score (nSPS) is 18.7. The molecule has 0 amide bonds. The predicted octanol–water partition coefficient (Wildman–Crippen LogP) is 3.54. The van der Waals surface area contributed by atoms with Crippen LogP contribution in [0.1, 0.15) is 6.42 Å². The average molecular weight is 321 g/mol. The first-order chi connectivity index (χ1) is 9.22. The van der Waals surface area contributed by atoms with E-state index < -0.39 is 0 Å². The minimum absolute atomic E-state index is 0.124. The van der Waals surface area contributed by atoms with E-state index in [0.717, 1.165) is 21.7 Å². The molecule has 0 bridgehead atoms. The number of ether oxygens (including phenoxy) is 2. The topological polar surface area (TPSA) is 35.5 Å². The second-order valence-electron chi connectivity index (χ2n) is 4.63. The number of rotatable bonds is 2. The maximum absolute atomic E-state index is 11.9. The zero-order valence-electron chi connectivity index (χ0n) is 10.3. The first-order valence-electron chi connectivity index (χ1n) is 6.21. The van der Waals surface area contributed by atoms with E-state index in [1.54, 1.807) is 0 Å². The van der Waals surface area contributed by atoms with E-state index >= 15 is 0 Å². The van der Waals surface area contributed by atoms with E-state index in [4.69, 9.17) is 9.47 Å². The minimum Gasteiger partial charge on any atom is -0.426 e. The molecule has 98 valence electrons. The summed E-state index contributed by atoms with van der Waals surface area (Å²) in [7, 11) is 0. The maximum Gasteiger partial charge on any atom is 0.316 e. The van der Waals surface area contributed by atoms with E-state index in [1.807, 2.05) is 36.4 Å². The molecule has 1 fully saturated rings. The van der Waals surface area contributed by atoms with E-state index in [0.29, 0.717) is 19.0 Å². The van der Waals surface area contributed by atoms with Crippen molar-refractivity contribution in [1.29, 1.82) is 0 Å². The van der Waals surface area contributed by atoms with Crippen molar-refractivity contribution < 1.29 is 14.3 Å². The van der Waals surface area contributed by atoms with Crippen LogP contribution in [0.15, 0.2) is 40.9 Å². The Bertz CT molecular complexity index is 618. The lowest BCUT2D eigenvalue weighted by molar-refractivity contribution is -0.138. The fraction of sp³-hybridized carbons (Fsp3) is 0.267. The van der Waals surface area contributed by atoms with Gasteiger partial charge in [0.1, 0.15) is 5.75 Å². The molecular weight excluding hydrogens is 308 g/mol. The third kappa shape index (κ3) is 2.80. The SMILES string of the molecule is O=C(Oc1ccc2cc(Br)ccc2c1)C1CCOC1. The number of carbonyl (C=O) groups is 1. The summed E-state index contributed by atoms with van der Waals surface area (Å²) in [5, 5.41) is 2.16. The summed E-state index contributed by atoms with van der Waals surface area (Å²) in [6.07, 6.45) is 0.749. The van der Waals surface area contributed by atoms with Crippen molar-refractivity contribution in [2.24, 2.45) is 5.92 Å². The van der Waals surface area contributed by atoms with E-state index in [2.05, 4.69) is 15.9 Å². The summed E-state index contributed by atoms with van der Waals surface area (Å²) in [5.74, 6) is 0.265. The van der Waals surface area contributed by atoms with Gasteiger partial charge < -0.3 is 9.47 Å².